The predicted octanol–water partition coefficient (Wildman–Crippen LogP) is 2.69. The summed E-state index contributed by atoms with van der Waals surface area (Å²) in [6.45, 7) is 5.28. The van der Waals surface area contributed by atoms with Crippen LogP contribution in [0.5, 0.6) is 5.75 Å². The van der Waals surface area contributed by atoms with Crippen LogP contribution in [0.4, 0.5) is 0 Å². The monoisotopic (exact) mass is 325 g/mol. The lowest BCUT2D eigenvalue weighted by Crippen LogP contribution is -2.31. The van der Waals surface area contributed by atoms with E-state index in [9.17, 15) is 5.11 Å². The number of aliphatic hydroxyl groups is 1. The van der Waals surface area contributed by atoms with E-state index < -0.39 is 6.10 Å². The van der Waals surface area contributed by atoms with Crippen molar-refractivity contribution in [2.45, 2.75) is 33.0 Å². The fourth-order valence-corrected chi connectivity index (χ4v) is 2.96. The fraction of sp³-hybridized carbons (Fsp3) is 0.316. The maximum absolute atomic E-state index is 10.4. The van der Waals surface area contributed by atoms with Crippen LogP contribution in [-0.2, 0) is 13.1 Å². The molecule has 5 nitrogen and oxygen atoms in total. The van der Waals surface area contributed by atoms with Gasteiger partial charge in [0, 0.05) is 6.54 Å². The van der Waals surface area contributed by atoms with Crippen LogP contribution in [0.15, 0.2) is 48.5 Å². The third-order valence-electron chi connectivity index (χ3n) is 4.12. The van der Waals surface area contributed by atoms with Crippen molar-refractivity contribution in [1.29, 1.82) is 5.41 Å². The number of rotatable bonds is 6. The fourth-order valence-electron chi connectivity index (χ4n) is 2.96. The molecule has 0 bridgehead atoms. The van der Waals surface area contributed by atoms with Gasteiger partial charge < -0.3 is 19.0 Å². The Morgan fingerprint density at radius 2 is 1.79 bits per heavy atom. The molecule has 1 aromatic heterocycles. The van der Waals surface area contributed by atoms with E-state index in [0.29, 0.717) is 12.2 Å². The van der Waals surface area contributed by atoms with Crippen LogP contribution in [0, 0.1) is 12.3 Å². The molecule has 1 atom stereocenters. The molecule has 3 aromatic rings. The quantitative estimate of drug-likeness (QED) is 0.732. The molecule has 2 N–H and O–H groups in total. The van der Waals surface area contributed by atoms with Crippen LogP contribution >= 0.6 is 0 Å². The molecule has 3 rings (SSSR count). The van der Waals surface area contributed by atoms with E-state index in [2.05, 4.69) is 0 Å². The van der Waals surface area contributed by atoms with Crippen molar-refractivity contribution in [3.05, 3.63) is 59.7 Å². The Hall–Kier alpha value is -2.53. The second-order valence-corrected chi connectivity index (χ2v) is 5.95. The summed E-state index contributed by atoms with van der Waals surface area (Å²) >= 11 is 0. The van der Waals surface area contributed by atoms with Crippen LogP contribution in [-0.4, -0.2) is 27.0 Å². The SMILES string of the molecule is CCn1c(=N)n(C[C@H](O)COc2cccc(C)c2)c2ccccc21. The number of benzene rings is 2. The summed E-state index contributed by atoms with van der Waals surface area (Å²) < 4.78 is 9.44. The van der Waals surface area contributed by atoms with E-state index >= 15 is 0 Å². The Balaban J connectivity index is 1.77. The number of ether oxygens (including phenoxy) is 1. The van der Waals surface area contributed by atoms with Gasteiger partial charge in [-0.3, -0.25) is 5.41 Å². The van der Waals surface area contributed by atoms with Crippen molar-refractivity contribution < 1.29 is 9.84 Å². The molecule has 0 spiro atoms. The van der Waals surface area contributed by atoms with Crippen molar-refractivity contribution in [2.24, 2.45) is 0 Å². The van der Waals surface area contributed by atoms with E-state index in [-0.39, 0.29) is 6.61 Å². The summed E-state index contributed by atoms with van der Waals surface area (Å²) in [6.07, 6.45) is -0.685. The Bertz CT molecular complexity index is 895. The minimum Gasteiger partial charge on any atom is -0.491 e. The minimum absolute atomic E-state index is 0.196. The maximum atomic E-state index is 10.4. The Morgan fingerprint density at radius 1 is 1.08 bits per heavy atom. The lowest BCUT2D eigenvalue weighted by atomic mass is 10.2. The van der Waals surface area contributed by atoms with Gasteiger partial charge in [-0.2, -0.15) is 0 Å². The van der Waals surface area contributed by atoms with Gasteiger partial charge in [-0.15, -0.1) is 0 Å². The van der Waals surface area contributed by atoms with E-state index in [1.165, 1.54) is 0 Å². The Labute approximate surface area is 141 Å². The van der Waals surface area contributed by atoms with Crippen LogP contribution in [0.3, 0.4) is 0 Å². The average molecular weight is 325 g/mol. The molecule has 0 amide bonds. The topological polar surface area (TPSA) is 63.2 Å². The molecule has 24 heavy (non-hydrogen) atoms. The number of aliphatic hydroxyl groups excluding tert-OH is 1. The van der Waals surface area contributed by atoms with Crippen molar-refractivity contribution in [2.75, 3.05) is 6.61 Å². The summed E-state index contributed by atoms with van der Waals surface area (Å²) in [7, 11) is 0. The maximum Gasteiger partial charge on any atom is 0.203 e. The van der Waals surface area contributed by atoms with E-state index in [0.717, 1.165) is 28.9 Å². The minimum atomic E-state index is -0.685. The molecule has 5 heteroatoms. The largest absolute Gasteiger partial charge is 0.491 e. The molecule has 0 unspecified atom stereocenters. The van der Waals surface area contributed by atoms with E-state index in [4.69, 9.17) is 10.1 Å². The number of nitrogens with one attached hydrogen (secondary N) is 1. The van der Waals surface area contributed by atoms with Gasteiger partial charge in [0.15, 0.2) is 0 Å². The van der Waals surface area contributed by atoms with Gasteiger partial charge in [-0.05, 0) is 43.7 Å². The molecular formula is C19H23N3O2. The highest BCUT2D eigenvalue weighted by Crippen LogP contribution is 2.15. The lowest BCUT2D eigenvalue weighted by Gasteiger charge is -2.14. The molecule has 0 aliphatic rings. The smallest absolute Gasteiger partial charge is 0.203 e. The number of hydrogen-bond acceptors (Lipinski definition) is 3. The third-order valence-corrected chi connectivity index (χ3v) is 4.12. The first-order chi connectivity index (χ1) is 11.6. The van der Waals surface area contributed by atoms with Crippen LogP contribution in [0.2, 0.25) is 0 Å². The van der Waals surface area contributed by atoms with Gasteiger partial charge in [0.25, 0.3) is 0 Å². The number of imidazole rings is 1. The zero-order chi connectivity index (χ0) is 17.1. The summed E-state index contributed by atoms with van der Waals surface area (Å²) in [5.41, 5.74) is 3.49. The number of hydrogen-bond donors (Lipinski definition) is 2. The molecule has 126 valence electrons. The Morgan fingerprint density at radius 3 is 2.46 bits per heavy atom. The highest BCUT2D eigenvalue weighted by Gasteiger charge is 2.13. The van der Waals surface area contributed by atoms with Crippen LogP contribution in [0.25, 0.3) is 11.0 Å². The summed E-state index contributed by atoms with van der Waals surface area (Å²) in [4.78, 5) is 0. The molecule has 0 saturated carbocycles. The number of para-hydroxylation sites is 2. The number of fused-ring (bicyclic) bond motifs is 1. The summed E-state index contributed by atoms with van der Waals surface area (Å²) in [5.74, 6) is 0.751. The molecule has 0 radical (unpaired) electrons. The number of aromatic nitrogens is 2. The van der Waals surface area contributed by atoms with Gasteiger partial charge in [0.05, 0.1) is 17.6 Å². The van der Waals surface area contributed by atoms with Crippen molar-refractivity contribution in [3.63, 3.8) is 0 Å². The summed E-state index contributed by atoms with van der Waals surface area (Å²) in [5, 5.41) is 18.7. The Kier molecular flexibility index (Phi) is 4.71. The standard InChI is InChI=1S/C19H23N3O2/c1-3-21-17-9-4-5-10-18(17)22(19(21)20)12-15(23)13-24-16-8-6-7-14(2)11-16/h4-11,15,20,23H,3,12-13H2,1-2H3/t15-/m0/s1. The van der Waals surface area contributed by atoms with Gasteiger partial charge in [-0.25, -0.2) is 0 Å². The normalized spacial score (nSPS) is 12.5. The van der Waals surface area contributed by atoms with E-state index in [1.54, 1.807) is 0 Å². The van der Waals surface area contributed by atoms with Gasteiger partial charge >= 0.3 is 0 Å². The zero-order valence-electron chi connectivity index (χ0n) is 14.1. The molecule has 0 saturated heterocycles. The molecule has 0 aliphatic carbocycles. The second kappa shape index (κ2) is 6.93. The molecular weight excluding hydrogens is 302 g/mol. The van der Waals surface area contributed by atoms with E-state index in [1.807, 2.05) is 71.5 Å². The van der Waals surface area contributed by atoms with Crippen molar-refractivity contribution >= 4 is 11.0 Å². The first kappa shape index (κ1) is 16.3. The molecule has 1 heterocycles. The lowest BCUT2D eigenvalue weighted by molar-refractivity contribution is 0.0920. The van der Waals surface area contributed by atoms with Crippen LogP contribution < -0.4 is 10.4 Å². The van der Waals surface area contributed by atoms with Gasteiger partial charge in [-0.1, -0.05) is 24.3 Å². The van der Waals surface area contributed by atoms with Gasteiger partial charge in [0.1, 0.15) is 18.5 Å². The number of aryl methyl sites for hydroxylation is 2. The third kappa shape index (κ3) is 3.21. The molecule has 0 aliphatic heterocycles. The molecule has 0 fully saturated rings. The number of nitrogens with zero attached hydrogens (tertiary/aromatic N) is 2. The van der Waals surface area contributed by atoms with Crippen molar-refractivity contribution in [3.8, 4) is 5.75 Å². The second-order valence-electron chi connectivity index (χ2n) is 5.95. The highest BCUT2D eigenvalue weighted by atomic mass is 16.5. The summed E-state index contributed by atoms with van der Waals surface area (Å²) in [6, 6.07) is 15.7. The van der Waals surface area contributed by atoms with Crippen molar-refractivity contribution in [1.82, 2.24) is 9.13 Å². The zero-order valence-corrected chi connectivity index (χ0v) is 14.1. The average Bonchev–Trinajstić information content (AvgIpc) is 2.85. The van der Waals surface area contributed by atoms with Crippen LogP contribution in [0.1, 0.15) is 12.5 Å². The van der Waals surface area contributed by atoms with Gasteiger partial charge in [0.2, 0.25) is 5.62 Å². The first-order valence-corrected chi connectivity index (χ1v) is 8.20. The predicted molar refractivity (Wildman–Crippen MR) is 94.1 cm³/mol. The highest BCUT2D eigenvalue weighted by molar-refractivity contribution is 5.75. The molecule has 2 aromatic carbocycles. The first-order valence-electron chi connectivity index (χ1n) is 8.20.